The van der Waals surface area contributed by atoms with Crippen molar-refractivity contribution in [3.63, 3.8) is 0 Å². The number of fused-ring (bicyclic) bond motifs is 6. The number of rotatable bonds is 7. The number of hydrogen-bond acceptors (Lipinski definition) is 5. The first kappa shape index (κ1) is 20.4. The lowest BCUT2D eigenvalue weighted by atomic mass is 10.0. The lowest BCUT2D eigenvalue weighted by molar-refractivity contribution is 0.356. The molecule has 6 heteroatoms. The minimum Gasteiger partial charge on any atom is -0.493 e. The van der Waals surface area contributed by atoms with Gasteiger partial charge in [0.1, 0.15) is 5.82 Å². The maximum absolute atomic E-state index is 5.59. The Bertz CT molecular complexity index is 1440. The topological polar surface area (TPSA) is 62.4 Å². The van der Waals surface area contributed by atoms with Gasteiger partial charge >= 0.3 is 0 Å². The highest BCUT2D eigenvalue weighted by molar-refractivity contribution is 6.19. The van der Waals surface area contributed by atoms with Crippen molar-refractivity contribution >= 4 is 49.3 Å². The minimum absolute atomic E-state index is 0.679. The summed E-state index contributed by atoms with van der Waals surface area (Å²) in [7, 11) is 7.50. The molecule has 2 heterocycles. The Balaban J connectivity index is 1.77. The number of ether oxygens (including phenoxy) is 2. The van der Waals surface area contributed by atoms with Crippen molar-refractivity contribution in [2.24, 2.45) is 0 Å². The molecule has 3 aromatic carbocycles. The van der Waals surface area contributed by atoms with Gasteiger partial charge in [-0.2, -0.15) is 0 Å². The molecular weight excluding hydrogens is 400 g/mol. The second-order valence-corrected chi connectivity index (χ2v) is 8.38. The van der Waals surface area contributed by atoms with Crippen LogP contribution < -0.4 is 14.8 Å². The summed E-state index contributed by atoms with van der Waals surface area (Å²) in [5, 5.41) is 9.27. The zero-order valence-corrected chi connectivity index (χ0v) is 19.0. The quantitative estimate of drug-likeness (QED) is 0.268. The summed E-state index contributed by atoms with van der Waals surface area (Å²) in [4.78, 5) is 10.7. The summed E-state index contributed by atoms with van der Waals surface area (Å²) < 4.78 is 11.1. The molecule has 32 heavy (non-hydrogen) atoms. The molecule has 0 unspecified atom stereocenters. The number of hydrogen-bond donors (Lipinski definition) is 2. The first-order valence-electron chi connectivity index (χ1n) is 10.9. The molecule has 0 saturated carbocycles. The van der Waals surface area contributed by atoms with E-state index < -0.39 is 0 Å². The van der Waals surface area contributed by atoms with Crippen LogP contribution in [0.25, 0.3) is 43.5 Å². The van der Waals surface area contributed by atoms with E-state index in [2.05, 4.69) is 65.7 Å². The van der Waals surface area contributed by atoms with Gasteiger partial charge in [0.2, 0.25) is 0 Å². The minimum atomic E-state index is 0.679. The van der Waals surface area contributed by atoms with Crippen LogP contribution in [-0.2, 0) is 0 Å². The maximum Gasteiger partial charge on any atom is 0.162 e. The SMILES string of the molecule is COc1cc2nc(NCCCN(C)C)c3cc4[nH]c5ccccc5c4cc3c2cc1OC. The molecule has 0 aliphatic heterocycles. The summed E-state index contributed by atoms with van der Waals surface area (Å²) in [6.07, 6.45) is 1.04. The Kier molecular flexibility index (Phi) is 5.23. The van der Waals surface area contributed by atoms with Gasteiger partial charge in [0, 0.05) is 45.2 Å². The second kappa shape index (κ2) is 8.20. The van der Waals surface area contributed by atoms with Crippen LogP contribution in [0.5, 0.6) is 11.5 Å². The average Bonchev–Trinajstić information content (AvgIpc) is 3.17. The van der Waals surface area contributed by atoms with E-state index in [9.17, 15) is 0 Å². The number of H-pyrrole nitrogens is 1. The number of aromatic nitrogens is 2. The van der Waals surface area contributed by atoms with E-state index in [-0.39, 0.29) is 0 Å². The van der Waals surface area contributed by atoms with E-state index in [0.717, 1.165) is 58.0 Å². The highest BCUT2D eigenvalue weighted by atomic mass is 16.5. The summed E-state index contributed by atoms with van der Waals surface area (Å²) in [5.41, 5.74) is 3.12. The molecular formula is C26H28N4O2. The van der Waals surface area contributed by atoms with Crippen molar-refractivity contribution in [1.82, 2.24) is 14.9 Å². The number of methoxy groups -OCH3 is 2. The van der Waals surface area contributed by atoms with Crippen molar-refractivity contribution in [2.45, 2.75) is 6.42 Å². The van der Waals surface area contributed by atoms with E-state index in [1.165, 1.54) is 10.8 Å². The van der Waals surface area contributed by atoms with Gasteiger partial charge in [0.05, 0.1) is 19.7 Å². The molecule has 5 rings (SSSR count). The van der Waals surface area contributed by atoms with Crippen LogP contribution >= 0.6 is 0 Å². The molecule has 6 nitrogen and oxygen atoms in total. The Labute approximate surface area is 187 Å². The summed E-state index contributed by atoms with van der Waals surface area (Å²) in [5.74, 6) is 2.27. The van der Waals surface area contributed by atoms with Crippen molar-refractivity contribution in [3.8, 4) is 11.5 Å². The van der Waals surface area contributed by atoms with Crippen LogP contribution in [-0.4, -0.2) is 56.3 Å². The normalized spacial score (nSPS) is 11.8. The molecule has 2 N–H and O–H groups in total. The average molecular weight is 429 g/mol. The van der Waals surface area contributed by atoms with Crippen LogP contribution in [0, 0.1) is 0 Å². The van der Waals surface area contributed by atoms with Crippen molar-refractivity contribution in [1.29, 1.82) is 0 Å². The van der Waals surface area contributed by atoms with Gasteiger partial charge < -0.3 is 24.7 Å². The summed E-state index contributed by atoms with van der Waals surface area (Å²) >= 11 is 0. The van der Waals surface area contributed by atoms with Gasteiger partial charge in [0.15, 0.2) is 11.5 Å². The molecule has 0 aliphatic rings. The lowest BCUT2D eigenvalue weighted by Crippen LogP contribution is -2.16. The van der Waals surface area contributed by atoms with Gasteiger partial charge in [-0.3, -0.25) is 0 Å². The molecule has 0 atom stereocenters. The molecule has 2 aromatic heterocycles. The number of benzene rings is 3. The fourth-order valence-electron chi connectivity index (χ4n) is 4.41. The second-order valence-electron chi connectivity index (χ2n) is 8.38. The number of pyridine rings is 1. The van der Waals surface area contributed by atoms with E-state index >= 15 is 0 Å². The van der Waals surface area contributed by atoms with Crippen LogP contribution in [0.15, 0.2) is 48.5 Å². The van der Waals surface area contributed by atoms with Gasteiger partial charge in [-0.05, 0) is 56.7 Å². The van der Waals surface area contributed by atoms with Gasteiger partial charge in [-0.1, -0.05) is 18.2 Å². The van der Waals surface area contributed by atoms with E-state index in [1.54, 1.807) is 14.2 Å². The van der Waals surface area contributed by atoms with Crippen molar-refractivity contribution < 1.29 is 9.47 Å². The number of nitrogens with zero attached hydrogens (tertiary/aromatic N) is 2. The van der Waals surface area contributed by atoms with Crippen LogP contribution in [0.3, 0.4) is 0 Å². The predicted molar refractivity (Wildman–Crippen MR) is 133 cm³/mol. The molecule has 0 radical (unpaired) electrons. The number of para-hydroxylation sites is 1. The van der Waals surface area contributed by atoms with Crippen LogP contribution in [0.2, 0.25) is 0 Å². The molecule has 0 bridgehead atoms. The Morgan fingerprint density at radius 2 is 1.62 bits per heavy atom. The Morgan fingerprint density at radius 3 is 2.41 bits per heavy atom. The molecule has 0 aliphatic carbocycles. The summed E-state index contributed by atoms with van der Waals surface area (Å²) in [6, 6.07) is 16.9. The van der Waals surface area contributed by atoms with Crippen molar-refractivity contribution in [2.75, 3.05) is 46.7 Å². The van der Waals surface area contributed by atoms with E-state index in [4.69, 9.17) is 14.5 Å². The molecule has 0 fully saturated rings. The Hall–Kier alpha value is -3.51. The molecule has 5 aromatic rings. The third-order valence-electron chi connectivity index (χ3n) is 6.00. The Morgan fingerprint density at radius 1 is 0.844 bits per heavy atom. The molecule has 0 spiro atoms. The standard InChI is InChI=1S/C26H28N4O2/c1-30(2)11-7-10-27-26-20-13-22-18(16-8-5-6-9-21(16)28-22)12-17(20)19-14-24(31-3)25(32-4)15-23(19)29-26/h5-6,8-9,12-15,28H,7,10-11H2,1-4H3,(H,27,29). The highest BCUT2D eigenvalue weighted by Crippen LogP contribution is 2.39. The maximum atomic E-state index is 5.59. The first-order valence-corrected chi connectivity index (χ1v) is 10.9. The van der Waals surface area contributed by atoms with E-state index in [1.807, 2.05) is 12.1 Å². The van der Waals surface area contributed by atoms with Crippen LogP contribution in [0.4, 0.5) is 5.82 Å². The van der Waals surface area contributed by atoms with Crippen LogP contribution in [0.1, 0.15) is 6.42 Å². The fourth-order valence-corrected chi connectivity index (χ4v) is 4.41. The monoisotopic (exact) mass is 428 g/mol. The third kappa shape index (κ3) is 3.46. The predicted octanol–water partition coefficient (Wildman–Crippen LogP) is 5.40. The van der Waals surface area contributed by atoms with Gasteiger partial charge in [-0.15, -0.1) is 0 Å². The van der Waals surface area contributed by atoms with Crippen molar-refractivity contribution in [3.05, 3.63) is 48.5 Å². The highest BCUT2D eigenvalue weighted by Gasteiger charge is 2.15. The largest absolute Gasteiger partial charge is 0.493 e. The lowest BCUT2D eigenvalue weighted by Gasteiger charge is -2.15. The molecule has 0 amide bonds. The zero-order chi connectivity index (χ0) is 22.2. The van der Waals surface area contributed by atoms with E-state index in [0.29, 0.717) is 11.5 Å². The zero-order valence-electron chi connectivity index (χ0n) is 19.0. The number of anilines is 1. The fraction of sp³-hybridized carbons (Fsp3) is 0.269. The molecule has 164 valence electrons. The smallest absolute Gasteiger partial charge is 0.162 e. The summed E-state index contributed by atoms with van der Waals surface area (Å²) in [6.45, 7) is 1.87. The first-order chi connectivity index (χ1) is 15.6. The van der Waals surface area contributed by atoms with Gasteiger partial charge in [0.25, 0.3) is 0 Å². The number of aromatic amines is 1. The third-order valence-corrected chi connectivity index (χ3v) is 6.00. The number of nitrogens with one attached hydrogen (secondary N) is 2. The van der Waals surface area contributed by atoms with Gasteiger partial charge in [-0.25, -0.2) is 4.98 Å². The molecule has 0 saturated heterocycles.